The Morgan fingerprint density at radius 2 is 2.43 bits per heavy atom. The highest BCUT2D eigenvalue weighted by molar-refractivity contribution is 5.51. The van der Waals surface area contributed by atoms with Crippen LogP contribution in [0.1, 0.15) is 12.5 Å². The zero-order valence-corrected chi connectivity index (χ0v) is 8.27. The van der Waals surface area contributed by atoms with E-state index >= 15 is 0 Å². The van der Waals surface area contributed by atoms with Crippen LogP contribution in [0.25, 0.3) is 6.08 Å². The van der Waals surface area contributed by atoms with Gasteiger partial charge in [-0.2, -0.15) is 0 Å². The molecule has 2 nitrogen and oxygen atoms in total. The van der Waals surface area contributed by atoms with Gasteiger partial charge < -0.3 is 9.47 Å². The molecule has 1 aliphatic heterocycles. The predicted molar refractivity (Wildman–Crippen MR) is 56.4 cm³/mol. The highest BCUT2D eigenvalue weighted by atomic mass is 16.6. The lowest BCUT2D eigenvalue weighted by Crippen LogP contribution is -2.03. The highest BCUT2D eigenvalue weighted by Gasteiger charge is 2.22. The third kappa shape index (κ3) is 2.60. The van der Waals surface area contributed by atoms with Crippen LogP contribution in [0.5, 0.6) is 5.75 Å². The Kier molecular flexibility index (Phi) is 2.84. The molecule has 2 rings (SSSR count). The SMILES string of the molecule is CC=Cc1cccc(OCC2CO2)c1. The average molecular weight is 190 g/mol. The van der Waals surface area contributed by atoms with E-state index in [0.717, 1.165) is 12.4 Å². The zero-order valence-electron chi connectivity index (χ0n) is 8.27. The molecule has 0 N–H and O–H groups in total. The molecular weight excluding hydrogens is 176 g/mol. The smallest absolute Gasteiger partial charge is 0.120 e. The highest BCUT2D eigenvalue weighted by Crippen LogP contribution is 2.17. The van der Waals surface area contributed by atoms with Gasteiger partial charge in [-0.15, -0.1) is 0 Å². The van der Waals surface area contributed by atoms with Crippen LogP contribution in [0.2, 0.25) is 0 Å². The first-order valence-corrected chi connectivity index (χ1v) is 4.85. The van der Waals surface area contributed by atoms with Crippen molar-refractivity contribution in [3.63, 3.8) is 0 Å². The summed E-state index contributed by atoms with van der Waals surface area (Å²) < 4.78 is 10.6. The molecule has 0 radical (unpaired) electrons. The van der Waals surface area contributed by atoms with E-state index in [9.17, 15) is 0 Å². The first-order chi connectivity index (χ1) is 6.88. The Balaban J connectivity index is 1.97. The molecule has 1 atom stereocenters. The van der Waals surface area contributed by atoms with Gasteiger partial charge in [0.25, 0.3) is 0 Å². The fraction of sp³-hybridized carbons (Fsp3) is 0.333. The summed E-state index contributed by atoms with van der Waals surface area (Å²) in [5.74, 6) is 0.913. The summed E-state index contributed by atoms with van der Waals surface area (Å²) in [6.45, 7) is 3.51. The van der Waals surface area contributed by atoms with Gasteiger partial charge in [0.05, 0.1) is 6.61 Å². The van der Waals surface area contributed by atoms with Crippen molar-refractivity contribution in [2.24, 2.45) is 0 Å². The van der Waals surface area contributed by atoms with Gasteiger partial charge in [-0.25, -0.2) is 0 Å². The van der Waals surface area contributed by atoms with Crippen LogP contribution in [0.3, 0.4) is 0 Å². The van der Waals surface area contributed by atoms with E-state index in [4.69, 9.17) is 9.47 Å². The van der Waals surface area contributed by atoms with Crippen molar-refractivity contribution < 1.29 is 9.47 Å². The second-order valence-electron chi connectivity index (χ2n) is 3.34. The van der Waals surface area contributed by atoms with Crippen molar-refractivity contribution in [3.05, 3.63) is 35.9 Å². The van der Waals surface area contributed by atoms with E-state index in [2.05, 4.69) is 12.1 Å². The minimum absolute atomic E-state index is 0.320. The van der Waals surface area contributed by atoms with E-state index in [1.54, 1.807) is 0 Å². The summed E-state index contributed by atoms with van der Waals surface area (Å²) in [7, 11) is 0. The van der Waals surface area contributed by atoms with Gasteiger partial charge in [-0.3, -0.25) is 0 Å². The lowest BCUT2D eigenvalue weighted by atomic mass is 10.2. The third-order valence-electron chi connectivity index (χ3n) is 2.06. The monoisotopic (exact) mass is 190 g/mol. The Bertz CT molecular complexity index is 327. The molecule has 1 aromatic rings. The molecule has 1 fully saturated rings. The lowest BCUT2D eigenvalue weighted by Gasteiger charge is -2.04. The minimum atomic E-state index is 0.320. The number of allylic oxidation sites excluding steroid dienone is 1. The fourth-order valence-corrected chi connectivity index (χ4v) is 1.25. The molecule has 2 heteroatoms. The van der Waals surface area contributed by atoms with Gasteiger partial charge in [-0.1, -0.05) is 24.3 Å². The van der Waals surface area contributed by atoms with Crippen LogP contribution in [0.15, 0.2) is 30.3 Å². The number of hydrogen-bond acceptors (Lipinski definition) is 2. The first-order valence-electron chi connectivity index (χ1n) is 4.85. The zero-order chi connectivity index (χ0) is 9.80. The van der Waals surface area contributed by atoms with Crippen LogP contribution < -0.4 is 4.74 Å². The van der Waals surface area contributed by atoms with Gasteiger partial charge in [0, 0.05) is 0 Å². The topological polar surface area (TPSA) is 21.8 Å². The van der Waals surface area contributed by atoms with E-state index in [-0.39, 0.29) is 0 Å². The van der Waals surface area contributed by atoms with Crippen molar-refractivity contribution in [3.8, 4) is 5.75 Å². The summed E-state index contributed by atoms with van der Waals surface area (Å²) in [5.41, 5.74) is 1.17. The molecule has 1 aromatic carbocycles. The molecule has 0 saturated carbocycles. The molecule has 74 valence electrons. The number of hydrogen-bond donors (Lipinski definition) is 0. The van der Waals surface area contributed by atoms with Crippen molar-refractivity contribution in [2.75, 3.05) is 13.2 Å². The van der Waals surface area contributed by atoms with Crippen molar-refractivity contribution in [1.82, 2.24) is 0 Å². The standard InChI is InChI=1S/C12H14O2/c1-2-4-10-5-3-6-11(7-10)13-8-12-9-14-12/h2-7,12H,8-9H2,1H3. The molecule has 0 bridgehead atoms. The molecule has 0 amide bonds. The van der Waals surface area contributed by atoms with Gasteiger partial charge in [0.1, 0.15) is 18.5 Å². The van der Waals surface area contributed by atoms with Gasteiger partial charge in [-0.05, 0) is 24.6 Å². The normalized spacial score (nSPS) is 19.9. The fourth-order valence-electron chi connectivity index (χ4n) is 1.25. The van der Waals surface area contributed by atoms with Crippen LogP contribution in [-0.4, -0.2) is 19.3 Å². The average Bonchev–Trinajstić information content (AvgIpc) is 2.99. The molecule has 0 aromatic heterocycles. The predicted octanol–water partition coefficient (Wildman–Crippen LogP) is 2.50. The van der Waals surface area contributed by atoms with Gasteiger partial charge >= 0.3 is 0 Å². The molecule has 0 spiro atoms. The van der Waals surface area contributed by atoms with Gasteiger partial charge in [0.15, 0.2) is 0 Å². The summed E-state index contributed by atoms with van der Waals surface area (Å²) in [6, 6.07) is 8.05. The Morgan fingerprint density at radius 1 is 1.57 bits per heavy atom. The quantitative estimate of drug-likeness (QED) is 0.680. The van der Waals surface area contributed by atoms with E-state index in [1.165, 1.54) is 5.56 Å². The molecule has 1 saturated heterocycles. The number of ether oxygens (including phenoxy) is 2. The van der Waals surface area contributed by atoms with Gasteiger partial charge in [0.2, 0.25) is 0 Å². The van der Waals surface area contributed by atoms with E-state index in [1.807, 2.05) is 31.2 Å². The third-order valence-corrected chi connectivity index (χ3v) is 2.06. The molecule has 0 aliphatic carbocycles. The number of epoxide rings is 1. The Labute approximate surface area is 84.2 Å². The molecule has 1 heterocycles. The maximum absolute atomic E-state index is 5.56. The number of benzene rings is 1. The summed E-state index contributed by atoms with van der Waals surface area (Å²) in [5, 5.41) is 0. The van der Waals surface area contributed by atoms with Crippen LogP contribution in [-0.2, 0) is 4.74 Å². The minimum Gasteiger partial charge on any atom is -0.491 e. The van der Waals surface area contributed by atoms with Crippen molar-refractivity contribution in [2.45, 2.75) is 13.0 Å². The van der Waals surface area contributed by atoms with Crippen molar-refractivity contribution >= 4 is 6.08 Å². The van der Waals surface area contributed by atoms with Crippen molar-refractivity contribution in [1.29, 1.82) is 0 Å². The number of rotatable bonds is 4. The second-order valence-corrected chi connectivity index (χ2v) is 3.34. The Morgan fingerprint density at radius 3 is 3.14 bits per heavy atom. The molecule has 1 unspecified atom stereocenters. The van der Waals surface area contributed by atoms with Crippen LogP contribution in [0, 0.1) is 0 Å². The van der Waals surface area contributed by atoms with Crippen LogP contribution >= 0.6 is 0 Å². The Hall–Kier alpha value is -1.28. The molecular formula is C12H14O2. The molecule has 1 aliphatic rings. The van der Waals surface area contributed by atoms with E-state index in [0.29, 0.717) is 12.7 Å². The summed E-state index contributed by atoms with van der Waals surface area (Å²) >= 11 is 0. The summed E-state index contributed by atoms with van der Waals surface area (Å²) in [4.78, 5) is 0. The van der Waals surface area contributed by atoms with E-state index < -0.39 is 0 Å². The van der Waals surface area contributed by atoms with Crippen LogP contribution in [0.4, 0.5) is 0 Å². The first kappa shape index (κ1) is 9.28. The maximum Gasteiger partial charge on any atom is 0.120 e. The maximum atomic E-state index is 5.56. The summed E-state index contributed by atoms with van der Waals surface area (Å²) in [6.07, 6.45) is 4.39. The second kappa shape index (κ2) is 4.29. The lowest BCUT2D eigenvalue weighted by molar-refractivity contribution is 0.263. The molecule has 14 heavy (non-hydrogen) atoms. The largest absolute Gasteiger partial charge is 0.491 e.